The molecule has 2 aliphatic carbocycles. The molecule has 1 saturated carbocycles. The molecule has 4 heteroatoms. The Morgan fingerprint density at radius 1 is 1.53 bits per heavy atom. The van der Waals surface area contributed by atoms with Crippen molar-refractivity contribution >= 4 is 11.6 Å². The predicted molar refractivity (Wildman–Crippen MR) is 63.7 cm³/mol. The number of aryl methyl sites for hydroxylation is 1. The first kappa shape index (κ1) is 10.3. The Morgan fingerprint density at radius 3 is 3.12 bits per heavy atom. The van der Waals surface area contributed by atoms with Gasteiger partial charge in [0.15, 0.2) is 5.76 Å². The van der Waals surface area contributed by atoms with Gasteiger partial charge in [0.25, 0.3) is 0 Å². The van der Waals surface area contributed by atoms with E-state index in [2.05, 4.69) is 22.7 Å². The van der Waals surface area contributed by atoms with Crippen molar-refractivity contribution in [1.29, 1.82) is 0 Å². The molecular formula is C13H14N2O2. The lowest BCUT2D eigenvalue weighted by Crippen LogP contribution is -2.35. The summed E-state index contributed by atoms with van der Waals surface area (Å²) >= 11 is 0. The van der Waals surface area contributed by atoms with E-state index >= 15 is 0 Å². The molecule has 2 unspecified atom stereocenters. The number of nitrogens with one attached hydrogen (secondary N) is 1. The number of rotatable bonds is 2. The van der Waals surface area contributed by atoms with Gasteiger partial charge < -0.3 is 4.42 Å². The Balaban J connectivity index is 1.61. The van der Waals surface area contributed by atoms with Gasteiger partial charge in [-0.3, -0.25) is 4.79 Å². The second-order valence-electron chi connectivity index (χ2n) is 4.59. The molecular weight excluding hydrogens is 216 g/mol. The minimum Gasteiger partial charge on any atom is -0.456 e. The van der Waals surface area contributed by atoms with Crippen LogP contribution in [0.2, 0.25) is 0 Å². The lowest BCUT2D eigenvalue weighted by Gasteiger charge is -2.31. The van der Waals surface area contributed by atoms with E-state index in [1.54, 1.807) is 12.1 Å². The molecule has 0 aromatic carbocycles. The van der Waals surface area contributed by atoms with Crippen LogP contribution in [0, 0.1) is 18.8 Å². The first-order chi connectivity index (χ1) is 8.24. The van der Waals surface area contributed by atoms with Crippen LogP contribution in [-0.2, 0) is 0 Å². The van der Waals surface area contributed by atoms with Crippen molar-refractivity contribution in [2.24, 2.45) is 16.9 Å². The predicted octanol–water partition coefficient (Wildman–Crippen LogP) is 2.27. The summed E-state index contributed by atoms with van der Waals surface area (Å²) in [6.07, 6.45) is 6.45. The summed E-state index contributed by atoms with van der Waals surface area (Å²) < 4.78 is 5.22. The summed E-state index contributed by atoms with van der Waals surface area (Å²) in [5.41, 5.74) is 3.65. The molecule has 2 atom stereocenters. The van der Waals surface area contributed by atoms with E-state index < -0.39 is 0 Å². The summed E-state index contributed by atoms with van der Waals surface area (Å²) in [5.74, 6) is 1.93. The number of allylic oxidation sites excluding steroid dienone is 2. The number of furan rings is 1. The molecule has 0 radical (unpaired) electrons. The van der Waals surface area contributed by atoms with E-state index in [9.17, 15) is 4.79 Å². The summed E-state index contributed by atoms with van der Waals surface area (Å²) in [5, 5.41) is 4.17. The molecule has 4 nitrogen and oxygen atoms in total. The highest BCUT2D eigenvalue weighted by molar-refractivity contribution is 5.96. The normalized spacial score (nSPS) is 27.9. The molecule has 1 fully saturated rings. The fraction of sp³-hybridized carbons (Fsp3) is 0.385. The Labute approximate surface area is 99.4 Å². The van der Waals surface area contributed by atoms with Crippen molar-refractivity contribution in [2.75, 3.05) is 0 Å². The van der Waals surface area contributed by atoms with E-state index in [0.29, 0.717) is 17.6 Å². The Bertz CT molecular complexity index is 513. The SMILES string of the molecule is Cc1ccc(C(=O)NN=C2CC3C=CCC23)o1. The topological polar surface area (TPSA) is 54.6 Å². The molecule has 0 bridgehead atoms. The summed E-state index contributed by atoms with van der Waals surface area (Å²) in [4.78, 5) is 11.7. The van der Waals surface area contributed by atoms with Crippen LogP contribution < -0.4 is 5.43 Å². The van der Waals surface area contributed by atoms with Gasteiger partial charge in [-0.15, -0.1) is 0 Å². The molecule has 1 heterocycles. The van der Waals surface area contributed by atoms with Gasteiger partial charge in [0.1, 0.15) is 5.76 Å². The van der Waals surface area contributed by atoms with Crippen molar-refractivity contribution in [1.82, 2.24) is 5.43 Å². The first-order valence-electron chi connectivity index (χ1n) is 5.84. The van der Waals surface area contributed by atoms with Gasteiger partial charge in [-0.25, -0.2) is 5.43 Å². The molecule has 17 heavy (non-hydrogen) atoms. The average molecular weight is 230 g/mol. The Hall–Kier alpha value is -1.84. The Kier molecular flexibility index (Phi) is 2.35. The maximum absolute atomic E-state index is 11.7. The zero-order chi connectivity index (χ0) is 11.8. The zero-order valence-corrected chi connectivity index (χ0v) is 9.64. The molecule has 1 amide bonds. The van der Waals surface area contributed by atoms with E-state index in [1.807, 2.05) is 6.92 Å². The first-order valence-corrected chi connectivity index (χ1v) is 5.84. The molecule has 1 N–H and O–H groups in total. The Morgan fingerprint density at radius 2 is 2.41 bits per heavy atom. The van der Waals surface area contributed by atoms with Gasteiger partial charge in [-0.2, -0.15) is 5.10 Å². The highest BCUT2D eigenvalue weighted by atomic mass is 16.3. The van der Waals surface area contributed by atoms with Crippen LogP contribution >= 0.6 is 0 Å². The van der Waals surface area contributed by atoms with E-state index in [4.69, 9.17) is 4.42 Å². The van der Waals surface area contributed by atoms with E-state index in [1.165, 1.54) is 0 Å². The second kappa shape index (κ2) is 3.87. The smallest absolute Gasteiger partial charge is 0.307 e. The van der Waals surface area contributed by atoms with Crippen LogP contribution in [0.3, 0.4) is 0 Å². The van der Waals surface area contributed by atoms with Crippen molar-refractivity contribution < 1.29 is 9.21 Å². The highest BCUT2D eigenvalue weighted by Gasteiger charge is 2.38. The number of amides is 1. The fourth-order valence-corrected chi connectivity index (χ4v) is 2.40. The van der Waals surface area contributed by atoms with Crippen LogP contribution in [-0.4, -0.2) is 11.6 Å². The van der Waals surface area contributed by atoms with Crippen molar-refractivity contribution in [2.45, 2.75) is 19.8 Å². The molecule has 3 rings (SSSR count). The molecule has 0 spiro atoms. The average Bonchev–Trinajstić information content (AvgIpc) is 2.86. The molecule has 0 aliphatic heterocycles. The summed E-state index contributed by atoms with van der Waals surface area (Å²) in [6, 6.07) is 3.42. The maximum atomic E-state index is 11.7. The number of fused-ring (bicyclic) bond motifs is 1. The monoisotopic (exact) mass is 230 g/mol. The van der Waals surface area contributed by atoms with Crippen LogP contribution in [0.1, 0.15) is 29.2 Å². The highest BCUT2D eigenvalue weighted by Crippen LogP contribution is 2.40. The molecule has 1 aromatic rings. The molecule has 0 saturated heterocycles. The van der Waals surface area contributed by atoms with Crippen molar-refractivity contribution in [3.8, 4) is 0 Å². The number of nitrogens with zero attached hydrogens (tertiary/aromatic N) is 1. The van der Waals surface area contributed by atoms with Crippen LogP contribution in [0.15, 0.2) is 33.8 Å². The van der Waals surface area contributed by atoms with Gasteiger partial charge in [-0.05, 0) is 37.8 Å². The quantitative estimate of drug-likeness (QED) is 0.626. The van der Waals surface area contributed by atoms with Crippen LogP contribution in [0.4, 0.5) is 0 Å². The number of carbonyl (C=O) groups excluding carboxylic acids is 1. The maximum Gasteiger partial charge on any atom is 0.307 e. The number of hydrazone groups is 1. The largest absolute Gasteiger partial charge is 0.456 e. The van der Waals surface area contributed by atoms with Crippen LogP contribution in [0.25, 0.3) is 0 Å². The second-order valence-corrected chi connectivity index (χ2v) is 4.59. The van der Waals surface area contributed by atoms with Crippen LogP contribution in [0.5, 0.6) is 0 Å². The summed E-state index contributed by atoms with van der Waals surface area (Å²) in [6.45, 7) is 1.81. The van der Waals surface area contributed by atoms with Gasteiger partial charge in [0.05, 0.1) is 0 Å². The van der Waals surface area contributed by atoms with Crippen molar-refractivity contribution in [3.05, 3.63) is 35.8 Å². The van der Waals surface area contributed by atoms with E-state index in [0.717, 1.165) is 24.3 Å². The minimum atomic E-state index is -0.278. The standard InChI is InChI=1S/C13H14N2O2/c1-8-5-6-12(17-8)13(16)15-14-11-7-9-3-2-4-10(9)11/h2-3,5-6,9-10H,4,7H2,1H3,(H,15,16). The third-order valence-electron chi connectivity index (χ3n) is 3.43. The van der Waals surface area contributed by atoms with Crippen molar-refractivity contribution in [3.63, 3.8) is 0 Å². The fourth-order valence-electron chi connectivity index (χ4n) is 2.40. The number of carbonyl (C=O) groups is 1. The van der Waals surface area contributed by atoms with Gasteiger partial charge in [0, 0.05) is 11.6 Å². The van der Waals surface area contributed by atoms with Gasteiger partial charge in [0.2, 0.25) is 0 Å². The molecule has 88 valence electrons. The summed E-state index contributed by atoms with van der Waals surface area (Å²) in [7, 11) is 0. The lowest BCUT2D eigenvalue weighted by atomic mass is 9.74. The zero-order valence-electron chi connectivity index (χ0n) is 9.64. The minimum absolute atomic E-state index is 0.278. The lowest BCUT2D eigenvalue weighted by molar-refractivity contribution is 0.0925. The third-order valence-corrected chi connectivity index (χ3v) is 3.43. The third kappa shape index (κ3) is 1.79. The van der Waals surface area contributed by atoms with Gasteiger partial charge in [-0.1, -0.05) is 12.2 Å². The number of hydrogen-bond donors (Lipinski definition) is 1. The van der Waals surface area contributed by atoms with E-state index in [-0.39, 0.29) is 5.91 Å². The number of hydrogen-bond acceptors (Lipinski definition) is 3. The molecule has 2 aliphatic rings. The van der Waals surface area contributed by atoms with Gasteiger partial charge >= 0.3 is 5.91 Å². The molecule has 1 aromatic heterocycles.